The molecular formula is C25H22N6O4S. The van der Waals surface area contributed by atoms with Gasteiger partial charge in [0.25, 0.3) is 11.6 Å². The van der Waals surface area contributed by atoms with Crippen LogP contribution in [-0.2, 0) is 4.79 Å². The van der Waals surface area contributed by atoms with E-state index in [0.717, 1.165) is 17.0 Å². The first kappa shape index (κ1) is 24.6. The second-order valence-corrected chi connectivity index (χ2v) is 8.48. The highest BCUT2D eigenvalue weighted by atomic mass is 32.2. The van der Waals surface area contributed by atoms with E-state index in [1.165, 1.54) is 23.9 Å². The van der Waals surface area contributed by atoms with Crippen molar-refractivity contribution in [2.45, 2.75) is 12.1 Å². The van der Waals surface area contributed by atoms with Crippen LogP contribution in [0.5, 0.6) is 5.75 Å². The number of para-hydroxylation sites is 1. The first-order chi connectivity index (χ1) is 17.5. The Morgan fingerprint density at radius 2 is 1.83 bits per heavy atom. The molecule has 0 aliphatic heterocycles. The van der Waals surface area contributed by atoms with Crippen LogP contribution in [0.1, 0.15) is 12.5 Å². The number of aromatic nitrogens is 3. The number of carbonyl (C=O) groups excluding carboxylic acids is 1. The van der Waals surface area contributed by atoms with Gasteiger partial charge in [0, 0.05) is 28.9 Å². The molecule has 1 amide bonds. The zero-order chi connectivity index (χ0) is 25.5. The molecule has 10 nitrogen and oxygen atoms in total. The minimum atomic E-state index is -0.477. The number of nitrogens with one attached hydrogen (secondary N) is 1. The first-order valence-corrected chi connectivity index (χ1v) is 11.8. The number of rotatable bonds is 9. The summed E-state index contributed by atoms with van der Waals surface area (Å²) < 4.78 is 7.13. The number of nitrogens with zero attached hydrogens (tertiary/aromatic N) is 5. The summed E-state index contributed by atoms with van der Waals surface area (Å²) in [5, 5.41) is 24.3. The van der Waals surface area contributed by atoms with Crippen molar-refractivity contribution in [1.29, 1.82) is 0 Å². The predicted octanol–water partition coefficient (Wildman–Crippen LogP) is 4.48. The van der Waals surface area contributed by atoms with Gasteiger partial charge in [-0.05, 0) is 43.3 Å². The van der Waals surface area contributed by atoms with Gasteiger partial charge in [-0.15, -0.1) is 10.2 Å². The normalized spacial score (nSPS) is 11.2. The summed E-state index contributed by atoms with van der Waals surface area (Å²) in [4.78, 5) is 23.0. The van der Waals surface area contributed by atoms with E-state index in [9.17, 15) is 14.9 Å². The zero-order valence-electron chi connectivity index (χ0n) is 19.5. The Kier molecular flexibility index (Phi) is 7.71. The number of nitro groups is 1. The average Bonchev–Trinajstić information content (AvgIpc) is 3.35. The van der Waals surface area contributed by atoms with Crippen molar-refractivity contribution < 1.29 is 14.5 Å². The van der Waals surface area contributed by atoms with Crippen LogP contribution in [0.3, 0.4) is 0 Å². The number of carbonyl (C=O) groups is 1. The standard InChI is InChI=1S/C25H22N6O4S/c1-17(19-7-6-10-21(15-19)31(33)34)26-27-23(32)16-36-25-29-28-24(18-11-13-22(35-2)14-12-18)30(25)20-8-4-3-5-9-20/h3-15H,16H2,1-2H3,(H,27,32)/b26-17+. The molecule has 0 atom stereocenters. The number of nitro benzene ring substituents is 1. The predicted molar refractivity (Wildman–Crippen MR) is 138 cm³/mol. The van der Waals surface area contributed by atoms with E-state index in [1.54, 1.807) is 26.2 Å². The smallest absolute Gasteiger partial charge is 0.270 e. The van der Waals surface area contributed by atoms with Crippen LogP contribution in [-0.4, -0.2) is 44.2 Å². The zero-order valence-corrected chi connectivity index (χ0v) is 20.3. The van der Waals surface area contributed by atoms with Crippen LogP contribution in [0.2, 0.25) is 0 Å². The molecule has 0 aliphatic carbocycles. The van der Waals surface area contributed by atoms with Gasteiger partial charge in [0.15, 0.2) is 11.0 Å². The third-order valence-electron chi connectivity index (χ3n) is 5.15. The van der Waals surface area contributed by atoms with Crippen molar-refractivity contribution >= 4 is 29.1 Å². The van der Waals surface area contributed by atoms with Gasteiger partial charge < -0.3 is 4.74 Å². The summed E-state index contributed by atoms with van der Waals surface area (Å²) in [5.41, 5.74) is 5.15. The molecule has 3 aromatic carbocycles. The number of non-ortho nitro benzene ring substituents is 1. The van der Waals surface area contributed by atoms with Gasteiger partial charge >= 0.3 is 0 Å². The van der Waals surface area contributed by atoms with Crippen molar-refractivity contribution in [2.75, 3.05) is 12.9 Å². The van der Waals surface area contributed by atoms with Gasteiger partial charge in [-0.25, -0.2) is 5.43 Å². The van der Waals surface area contributed by atoms with Crippen LogP contribution < -0.4 is 10.2 Å². The van der Waals surface area contributed by atoms with Crippen LogP contribution >= 0.6 is 11.8 Å². The second-order valence-electron chi connectivity index (χ2n) is 7.53. The fourth-order valence-corrected chi connectivity index (χ4v) is 4.06. The Bertz CT molecular complexity index is 1400. The third-order valence-corrected chi connectivity index (χ3v) is 6.08. The molecule has 182 valence electrons. The molecule has 4 aromatic rings. The number of hydrogen-bond donors (Lipinski definition) is 1. The molecule has 0 fully saturated rings. The number of benzene rings is 3. The van der Waals surface area contributed by atoms with E-state index in [2.05, 4.69) is 20.7 Å². The molecule has 0 aliphatic rings. The molecule has 0 unspecified atom stereocenters. The van der Waals surface area contributed by atoms with E-state index < -0.39 is 4.92 Å². The number of ether oxygens (including phenoxy) is 1. The summed E-state index contributed by atoms with van der Waals surface area (Å²) in [6, 6.07) is 23.2. The molecule has 1 N–H and O–H groups in total. The van der Waals surface area contributed by atoms with Gasteiger partial charge in [0.2, 0.25) is 0 Å². The number of hydrogen-bond acceptors (Lipinski definition) is 8. The molecular weight excluding hydrogens is 480 g/mol. The lowest BCUT2D eigenvalue weighted by Crippen LogP contribution is -2.21. The largest absolute Gasteiger partial charge is 0.497 e. The van der Waals surface area contributed by atoms with Gasteiger partial charge in [0.05, 0.1) is 23.5 Å². The van der Waals surface area contributed by atoms with E-state index in [-0.39, 0.29) is 17.3 Å². The molecule has 1 aromatic heterocycles. The summed E-state index contributed by atoms with van der Waals surface area (Å²) in [7, 11) is 1.61. The number of methoxy groups -OCH3 is 1. The van der Waals surface area contributed by atoms with Gasteiger partial charge in [0.1, 0.15) is 5.75 Å². The fourth-order valence-electron chi connectivity index (χ4n) is 3.32. The third kappa shape index (κ3) is 5.76. The highest BCUT2D eigenvalue weighted by Crippen LogP contribution is 2.29. The second kappa shape index (κ2) is 11.3. The lowest BCUT2D eigenvalue weighted by atomic mass is 10.1. The summed E-state index contributed by atoms with van der Waals surface area (Å²) in [6.45, 7) is 1.67. The number of hydrazone groups is 1. The summed E-state index contributed by atoms with van der Waals surface area (Å²) in [6.07, 6.45) is 0. The summed E-state index contributed by atoms with van der Waals surface area (Å²) in [5.74, 6) is 1.06. The Morgan fingerprint density at radius 1 is 1.08 bits per heavy atom. The van der Waals surface area contributed by atoms with Crippen LogP contribution in [0.15, 0.2) is 89.1 Å². The van der Waals surface area contributed by atoms with E-state index in [0.29, 0.717) is 22.3 Å². The first-order valence-electron chi connectivity index (χ1n) is 10.8. The quantitative estimate of drug-likeness (QED) is 0.155. The lowest BCUT2D eigenvalue weighted by molar-refractivity contribution is -0.384. The van der Waals surface area contributed by atoms with Gasteiger partial charge in [-0.1, -0.05) is 42.1 Å². The van der Waals surface area contributed by atoms with Crippen molar-refractivity contribution in [3.63, 3.8) is 0 Å². The van der Waals surface area contributed by atoms with E-state index >= 15 is 0 Å². The van der Waals surface area contributed by atoms with Crippen LogP contribution in [0, 0.1) is 10.1 Å². The van der Waals surface area contributed by atoms with Gasteiger partial charge in [-0.2, -0.15) is 5.10 Å². The van der Waals surface area contributed by atoms with Crippen molar-refractivity contribution in [2.24, 2.45) is 5.10 Å². The molecule has 0 spiro atoms. The average molecular weight is 503 g/mol. The highest BCUT2D eigenvalue weighted by Gasteiger charge is 2.17. The van der Waals surface area contributed by atoms with Crippen molar-refractivity contribution in [3.05, 3.63) is 94.5 Å². The molecule has 4 rings (SSSR count). The maximum Gasteiger partial charge on any atom is 0.270 e. The SMILES string of the molecule is COc1ccc(-c2nnc(SCC(=O)N/N=C(\C)c3cccc([N+](=O)[O-])c3)n2-c2ccccc2)cc1. The monoisotopic (exact) mass is 502 g/mol. The van der Waals surface area contributed by atoms with Crippen LogP contribution in [0.4, 0.5) is 5.69 Å². The number of thioether (sulfide) groups is 1. The Labute approximate surface area is 211 Å². The molecule has 0 radical (unpaired) electrons. The molecule has 0 saturated heterocycles. The number of amides is 1. The van der Waals surface area contributed by atoms with Gasteiger partial charge in [-0.3, -0.25) is 19.5 Å². The maximum absolute atomic E-state index is 12.5. The minimum absolute atomic E-state index is 0.0410. The van der Waals surface area contributed by atoms with E-state index in [1.807, 2.05) is 59.2 Å². The Hall–Kier alpha value is -4.51. The topological polar surface area (TPSA) is 125 Å². The fraction of sp³-hybridized carbons (Fsp3) is 0.120. The molecule has 36 heavy (non-hydrogen) atoms. The van der Waals surface area contributed by atoms with Crippen molar-refractivity contribution in [1.82, 2.24) is 20.2 Å². The Balaban J connectivity index is 1.50. The minimum Gasteiger partial charge on any atom is -0.497 e. The van der Waals surface area contributed by atoms with Crippen LogP contribution in [0.25, 0.3) is 17.1 Å². The Morgan fingerprint density at radius 3 is 2.53 bits per heavy atom. The maximum atomic E-state index is 12.5. The van der Waals surface area contributed by atoms with E-state index in [4.69, 9.17) is 4.74 Å². The summed E-state index contributed by atoms with van der Waals surface area (Å²) >= 11 is 1.22. The molecule has 1 heterocycles. The molecule has 11 heteroatoms. The van der Waals surface area contributed by atoms with Crippen molar-refractivity contribution in [3.8, 4) is 22.8 Å². The molecule has 0 saturated carbocycles. The lowest BCUT2D eigenvalue weighted by Gasteiger charge is -2.10. The highest BCUT2D eigenvalue weighted by molar-refractivity contribution is 7.99. The molecule has 0 bridgehead atoms.